The van der Waals surface area contributed by atoms with Crippen molar-refractivity contribution < 1.29 is 10.3 Å². The van der Waals surface area contributed by atoms with Gasteiger partial charge in [0.15, 0.2) is 5.84 Å². The summed E-state index contributed by atoms with van der Waals surface area (Å²) in [6, 6.07) is 5.78. The van der Waals surface area contributed by atoms with Gasteiger partial charge in [-0.25, -0.2) is 0 Å². The van der Waals surface area contributed by atoms with Crippen LogP contribution in [0.25, 0.3) is 0 Å². The second-order valence-corrected chi connectivity index (χ2v) is 4.57. The monoisotopic (exact) mass is 265 g/mol. The Morgan fingerprint density at radius 2 is 2.16 bits per heavy atom. The first kappa shape index (κ1) is 15.5. The zero-order valence-electron chi connectivity index (χ0n) is 11.6. The maximum Gasteiger partial charge on any atom is 0.170 e. The molecule has 0 saturated heterocycles. The van der Waals surface area contributed by atoms with Gasteiger partial charge in [-0.05, 0) is 37.1 Å². The molecular formula is C14H23N3O2. The summed E-state index contributed by atoms with van der Waals surface area (Å²) in [7, 11) is 0. The molecule has 5 heteroatoms. The van der Waals surface area contributed by atoms with Gasteiger partial charge in [-0.3, -0.25) is 4.90 Å². The van der Waals surface area contributed by atoms with E-state index in [1.807, 2.05) is 25.1 Å². The van der Waals surface area contributed by atoms with E-state index in [0.717, 1.165) is 37.2 Å². The van der Waals surface area contributed by atoms with Gasteiger partial charge in [-0.1, -0.05) is 24.2 Å². The number of nitrogens with zero attached hydrogens (tertiary/aromatic N) is 2. The summed E-state index contributed by atoms with van der Waals surface area (Å²) in [6.07, 6.45) is 0.787. The van der Waals surface area contributed by atoms with Gasteiger partial charge in [0, 0.05) is 25.3 Å². The third kappa shape index (κ3) is 4.54. The van der Waals surface area contributed by atoms with E-state index in [4.69, 9.17) is 16.0 Å². The first-order valence-corrected chi connectivity index (χ1v) is 6.53. The summed E-state index contributed by atoms with van der Waals surface area (Å²) >= 11 is 0. The molecule has 0 spiro atoms. The van der Waals surface area contributed by atoms with Crippen molar-refractivity contribution in [2.75, 3.05) is 19.7 Å². The summed E-state index contributed by atoms with van der Waals surface area (Å²) in [5.41, 5.74) is 8.63. The van der Waals surface area contributed by atoms with E-state index >= 15 is 0 Å². The minimum absolute atomic E-state index is 0.127. The van der Waals surface area contributed by atoms with Crippen LogP contribution in [0.1, 0.15) is 30.0 Å². The molecule has 0 aliphatic heterocycles. The van der Waals surface area contributed by atoms with Gasteiger partial charge in [-0.2, -0.15) is 0 Å². The predicted octanol–water partition coefficient (Wildman–Crippen LogP) is 1.29. The van der Waals surface area contributed by atoms with Crippen molar-refractivity contribution in [3.05, 3.63) is 34.9 Å². The van der Waals surface area contributed by atoms with Crippen LogP contribution in [-0.4, -0.2) is 40.7 Å². The smallest absolute Gasteiger partial charge is 0.170 e. The van der Waals surface area contributed by atoms with Crippen molar-refractivity contribution in [3.63, 3.8) is 0 Å². The third-order valence-electron chi connectivity index (χ3n) is 3.22. The van der Waals surface area contributed by atoms with Gasteiger partial charge in [0.25, 0.3) is 0 Å². The molecular weight excluding hydrogens is 242 g/mol. The topological polar surface area (TPSA) is 82.1 Å². The third-order valence-corrected chi connectivity index (χ3v) is 3.22. The van der Waals surface area contributed by atoms with Crippen LogP contribution in [0, 0.1) is 6.92 Å². The Labute approximate surface area is 114 Å². The Hall–Kier alpha value is -1.59. The predicted molar refractivity (Wildman–Crippen MR) is 76.3 cm³/mol. The molecule has 0 saturated carbocycles. The Morgan fingerprint density at radius 1 is 1.42 bits per heavy atom. The highest BCUT2D eigenvalue weighted by Gasteiger charge is 2.07. The lowest BCUT2D eigenvalue weighted by Crippen LogP contribution is -2.25. The number of amidine groups is 1. The van der Waals surface area contributed by atoms with Crippen molar-refractivity contribution in [2.45, 2.75) is 26.8 Å². The zero-order valence-corrected chi connectivity index (χ0v) is 11.6. The lowest BCUT2D eigenvalue weighted by atomic mass is 10.0. The van der Waals surface area contributed by atoms with E-state index in [0.29, 0.717) is 0 Å². The second-order valence-electron chi connectivity index (χ2n) is 4.57. The largest absolute Gasteiger partial charge is 0.409 e. The van der Waals surface area contributed by atoms with Crippen molar-refractivity contribution in [1.82, 2.24) is 4.90 Å². The van der Waals surface area contributed by atoms with E-state index in [-0.39, 0.29) is 12.4 Å². The summed E-state index contributed by atoms with van der Waals surface area (Å²) in [4.78, 5) is 2.28. The molecule has 0 aromatic heterocycles. The maximum atomic E-state index is 8.88. The van der Waals surface area contributed by atoms with Gasteiger partial charge in [0.2, 0.25) is 0 Å². The molecule has 1 rings (SSSR count). The molecule has 1 aromatic rings. The van der Waals surface area contributed by atoms with Crippen LogP contribution in [0.4, 0.5) is 0 Å². The van der Waals surface area contributed by atoms with Gasteiger partial charge in [0.1, 0.15) is 0 Å². The van der Waals surface area contributed by atoms with Gasteiger partial charge in [0.05, 0.1) is 0 Å². The number of benzene rings is 1. The van der Waals surface area contributed by atoms with Crippen molar-refractivity contribution in [1.29, 1.82) is 0 Å². The molecule has 5 nitrogen and oxygen atoms in total. The number of hydrogen-bond acceptors (Lipinski definition) is 4. The molecule has 4 N–H and O–H groups in total. The number of oxime groups is 1. The fourth-order valence-corrected chi connectivity index (χ4v) is 1.97. The minimum Gasteiger partial charge on any atom is -0.409 e. The summed E-state index contributed by atoms with van der Waals surface area (Å²) in [6.45, 7) is 7.02. The number of nitrogens with two attached hydrogens (primary N) is 1. The number of rotatable bonds is 7. The molecule has 106 valence electrons. The van der Waals surface area contributed by atoms with E-state index in [9.17, 15) is 0 Å². The van der Waals surface area contributed by atoms with Crippen molar-refractivity contribution in [3.8, 4) is 0 Å². The zero-order chi connectivity index (χ0) is 14.3. The lowest BCUT2D eigenvalue weighted by Gasteiger charge is -2.21. The standard InChI is InChI=1S/C14H23N3O2/c1-3-17(7-4-8-18)10-13-6-5-12(9-11(13)2)14(15)16-19/h5-6,9,18-19H,3-4,7-8,10H2,1-2H3,(H2,15,16). The first-order chi connectivity index (χ1) is 9.12. The maximum absolute atomic E-state index is 8.88. The SMILES string of the molecule is CCN(CCCO)Cc1ccc(/C(N)=N/O)cc1C. The molecule has 0 aliphatic rings. The fourth-order valence-electron chi connectivity index (χ4n) is 1.97. The fraction of sp³-hybridized carbons (Fsp3) is 0.500. The van der Waals surface area contributed by atoms with Crippen molar-refractivity contribution in [2.24, 2.45) is 10.9 Å². The highest BCUT2D eigenvalue weighted by atomic mass is 16.4. The Morgan fingerprint density at radius 3 is 2.68 bits per heavy atom. The number of aliphatic hydroxyl groups excluding tert-OH is 1. The van der Waals surface area contributed by atoms with Crippen LogP contribution < -0.4 is 5.73 Å². The van der Waals surface area contributed by atoms with Gasteiger partial charge >= 0.3 is 0 Å². The Bertz CT molecular complexity index is 433. The highest BCUT2D eigenvalue weighted by molar-refractivity contribution is 5.97. The summed E-state index contributed by atoms with van der Waals surface area (Å²) in [5, 5.41) is 20.5. The molecule has 0 radical (unpaired) electrons. The second kappa shape index (κ2) is 7.76. The molecule has 0 unspecified atom stereocenters. The highest BCUT2D eigenvalue weighted by Crippen LogP contribution is 2.14. The van der Waals surface area contributed by atoms with E-state index < -0.39 is 0 Å². The van der Waals surface area contributed by atoms with Crippen molar-refractivity contribution >= 4 is 5.84 Å². The van der Waals surface area contributed by atoms with Gasteiger partial charge in [-0.15, -0.1) is 0 Å². The van der Waals surface area contributed by atoms with Crippen LogP contribution in [0.2, 0.25) is 0 Å². The summed E-state index contributed by atoms with van der Waals surface area (Å²) < 4.78 is 0. The molecule has 0 aliphatic carbocycles. The minimum atomic E-state index is 0.127. The average molecular weight is 265 g/mol. The van der Waals surface area contributed by atoms with E-state index in [1.54, 1.807) is 0 Å². The number of hydrogen-bond donors (Lipinski definition) is 3. The van der Waals surface area contributed by atoms with Crippen LogP contribution in [-0.2, 0) is 6.54 Å². The quantitative estimate of drug-likeness (QED) is 0.300. The first-order valence-electron chi connectivity index (χ1n) is 6.53. The number of aryl methyl sites for hydroxylation is 1. The molecule has 0 fully saturated rings. The van der Waals surface area contributed by atoms with Crippen LogP contribution >= 0.6 is 0 Å². The van der Waals surface area contributed by atoms with Crippen LogP contribution in [0.15, 0.2) is 23.4 Å². The summed E-state index contributed by atoms with van der Waals surface area (Å²) in [5.74, 6) is 0.127. The van der Waals surface area contributed by atoms with E-state index in [1.165, 1.54) is 5.56 Å². The lowest BCUT2D eigenvalue weighted by molar-refractivity contribution is 0.225. The molecule has 0 bridgehead atoms. The number of aliphatic hydroxyl groups is 1. The Balaban J connectivity index is 2.78. The van der Waals surface area contributed by atoms with Gasteiger partial charge < -0.3 is 16.0 Å². The Kier molecular flexibility index (Phi) is 6.32. The molecule has 1 aromatic carbocycles. The average Bonchev–Trinajstić information content (AvgIpc) is 2.44. The molecule has 0 heterocycles. The molecule has 19 heavy (non-hydrogen) atoms. The molecule has 0 amide bonds. The normalized spacial score (nSPS) is 12.1. The molecule has 0 atom stereocenters. The van der Waals surface area contributed by atoms with Crippen LogP contribution in [0.3, 0.4) is 0 Å². The van der Waals surface area contributed by atoms with Crippen LogP contribution in [0.5, 0.6) is 0 Å². The van der Waals surface area contributed by atoms with E-state index in [2.05, 4.69) is 17.0 Å².